The maximum absolute atomic E-state index is 13.0. The van der Waals surface area contributed by atoms with E-state index in [1.165, 1.54) is 0 Å². The largest absolute Gasteiger partial charge is 0.491 e. The lowest BCUT2D eigenvalue weighted by molar-refractivity contribution is -0.157. The first-order valence-electron chi connectivity index (χ1n) is 12.2. The second kappa shape index (κ2) is 9.58. The van der Waals surface area contributed by atoms with Crippen LogP contribution in [0.5, 0.6) is 5.75 Å². The van der Waals surface area contributed by atoms with Crippen LogP contribution in [0, 0.1) is 19.3 Å². The van der Waals surface area contributed by atoms with Crippen LogP contribution < -0.4 is 10.1 Å². The first-order chi connectivity index (χ1) is 15.9. The van der Waals surface area contributed by atoms with Crippen LogP contribution in [0.2, 0.25) is 0 Å². The van der Waals surface area contributed by atoms with Gasteiger partial charge in [-0.2, -0.15) is 0 Å². The molecule has 1 aliphatic heterocycles. The molecule has 0 spiro atoms. The third-order valence-corrected chi connectivity index (χ3v) is 7.05. The molecule has 4 rings (SSSR count). The second-order valence-electron chi connectivity index (χ2n) is 9.61. The van der Waals surface area contributed by atoms with Crippen LogP contribution in [0.15, 0.2) is 30.3 Å². The molecular weight excluding hydrogens is 414 g/mol. The lowest BCUT2D eigenvalue weighted by Crippen LogP contribution is -2.30. The summed E-state index contributed by atoms with van der Waals surface area (Å²) in [5.74, 6) is 0.681. The Balaban J connectivity index is 1.55. The van der Waals surface area contributed by atoms with Crippen molar-refractivity contribution in [3.05, 3.63) is 52.6 Å². The number of aryl methyl sites for hydroxylation is 1. The van der Waals surface area contributed by atoms with Gasteiger partial charge in [-0.15, -0.1) is 0 Å². The van der Waals surface area contributed by atoms with Crippen molar-refractivity contribution in [3.8, 4) is 16.9 Å². The summed E-state index contributed by atoms with van der Waals surface area (Å²) in [7, 11) is 0. The number of fused-ring (bicyclic) bond motifs is 1. The van der Waals surface area contributed by atoms with Crippen molar-refractivity contribution in [2.75, 3.05) is 6.61 Å². The highest BCUT2D eigenvalue weighted by Crippen LogP contribution is 2.48. The first kappa shape index (κ1) is 23.3. The number of carbonyl (C=O) groups is 2. The second-order valence-corrected chi connectivity index (χ2v) is 9.61. The molecule has 1 aliphatic carbocycles. The Morgan fingerprint density at radius 1 is 1.06 bits per heavy atom. The summed E-state index contributed by atoms with van der Waals surface area (Å²) in [5, 5.41) is 2.88. The fourth-order valence-corrected chi connectivity index (χ4v) is 4.55. The SMILES string of the molecule is CCCC(CCC)OC(=O)C1(COc2c(-c3ccc4c(c3)CNC4=O)ccc(C)c2C)CC1. The molecule has 2 aromatic carbocycles. The van der Waals surface area contributed by atoms with Crippen LogP contribution in [0.4, 0.5) is 0 Å². The predicted molar refractivity (Wildman–Crippen MR) is 129 cm³/mol. The number of carbonyl (C=O) groups excluding carboxylic acids is 2. The summed E-state index contributed by atoms with van der Waals surface area (Å²) in [6.07, 6.45) is 5.46. The van der Waals surface area contributed by atoms with Crippen molar-refractivity contribution >= 4 is 11.9 Å². The molecule has 1 heterocycles. The van der Waals surface area contributed by atoms with E-state index in [0.29, 0.717) is 13.2 Å². The minimum absolute atomic E-state index is 0.00368. The molecule has 176 valence electrons. The minimum atomic E-state index is -0.526. The number of nitrogens with one attached hydrogen (secondary N) is 1. The van der Waals surface area contributed by atoms with Crippen molar-refractivity contribution in [2.45, 2.75) is 78.9 Å². The Kier molecular flexibility index (Phi) is 6.78. The highest BCUT2D eigenvalue weighted by Gasteiger charge is 2.53. The van der Waals surface area contributed by atoms with Gasteiger partial charge in [-0.1, -0.05) is 44.9 Å². The highest BCUT2D eigenvalue weighted by atomic mass is 16.5. The summed E-state index contributed by atoms with van der Waals surface area (Å²) < 4.78 is 12.3. The molecule has 1 fully saturated rings. The summed E-state index contributed by atoms with van der Waals surface area (Å²) >= 11 is 0. The van der Waals surface area contributed by atoms with Crippen LogP contribution in [-0.4, -0.2) is 24.6 Å². The topological polar surface area (TPSA) is 64.6 Å². The third-order valence-electron chi connectivity index (χ3n) is 7.05. The monoisotopic (exact) mass is 449 g/mol. The van der Waals surface area contributed by atoms with Crippen molar-refractivity contribution in [1.29, 1.82) is 0 Å². The van der Waals surface area contributed by atoms with Crippen molar-refractivity contribution < 1.29 is 19.1 Å². The normalized spacial score (nSPS) is 15.8. The van der Waals surface area contributed by atoms with E-state index in [1.54, 1.807) is 0 Å². The van der Waals surface area contributed by atoms with E-state index in [4.69, 9.17) is 9.47 Å². The summed E-state index contributed by atoms with van der Waals surface area (Å²) in [5.41, 5.74) is 5.43. The average Bonchev–Trinajstić information content (AvgIpc) is 3.51. The van der Waals surface area contributed by atoms with Gasteiger partial charge < -0.3 is 14.8 Å². The van der Waals surface area contributed by atoms with Gasteiger partial charge in [-0.05, 0) is 73.9 Å². The number of benzene rings is 2. The van der Waals surface area contributed by atoms with Gasteiger partial charge in [0.2, 0.25) is 0 Å². The maximum atomic E-state index is 13.0. The van der Waals surface area contributed by atoms with Gasteiger partial charge in [0.05, 0.1) is 0 Å². The van der Waals surface area contributed by atoms with Gasteiger partial charge in [-0.25, -0.2) is 0 Å². The Morgan fingerprint density at radius 3 is 2.42 bits per heavy atom. The Morgan fingerprint density at radius 2 is 1.76 bits per heavy atom. The summed E-state index contributed by atoms with van der Waals surface area (Å²) in [4.78, 5) is 25.0. The molecular formula is C28H35NO4. The van der Waals surface area contributed by atoms with Gasteiger partial charge in [0.1, 0.15) is 23.9 Å². The first-order valence-corrected chi connectivity index (χ1v) is 12.2. The van der Waals surface area contributed by atoms with Gasteiger partial charge >= 0.3 is 5.97 Å². The van der Waals surface area contributed by atoms with Crippen LogP contribution in [0.25, 0.3) is 11.1 Å². The molecule has 2 aromatic rings. The maximum Gasteiger partial charge on any atom is 0.315 e. The van der Waals surface area contributed by atoms with E-state index >= 15 is 0 Å². The molecule has 2 aliphatic rings. The third kappa shape index (κ3) is 4.78. The molecule has 0 aromatic heterocycles. The number of esters is 1. The van der Waals surface area contributed by atoms with Crippen molar-refractivity contribution in [1.82, 2.24) is 5.32 Å². The molecule has 1 amide bonds. The van der Waals surface area contributed by atoms with E-state index < -0.39 is 5.41 Å². The lowest BCUT2D eigenvalue weighted by atomic mass is 9.96. The van der Waals surface area contributed by atoms with Crippen LogP contribution >= 0.6 is 0 Å². The lowest BCUT2D eigenvalue weighted by Gasteiger charge is -2.23. The van der Waals surface area contributed by atoms with Crippen LogP contribution in [0.1, 0.15) is 79.4 Å². The quantitative estimate of drug-likeness (QED) is 0.460. The molecule has 33 heavy (non-hydrogen) atoms. The number of hydrogen-bond donors (Lipinski definition) is 1. The van der Waals surface area contributed by atoms with E-state index in [1.807, 2.05) is 12.1 Å². The molecule has 0 radical (unpaired) electrons. The summed E-state index contributed by atoms with van der Waals surface area (Å²) in [6.45, 7) is 9.26. The Hall–Kier alpha value is -2.82. The summed E-state index contributed by atoms with van der Waals surface area (Å²) in [6, 6.07) is 10.1. The number of amides is 1. The number of rotatable bonds is 10. The molecule has 0 bridgehead atoms. The van der Waals surface area contributed by atoms with E-state index in [9.17, 15) is 9.59 Å². The predicted octanol–water partition coefficient (Wildman–Crippen LogP) is 5.88. The van der Waals surface area contributed by atoms with Crippen LogP contribution in [0.3, 0.4) is 0 Å². The van der Waals surface area contributed by atoms with E-state index in [0.717, 1.165) is 77.7 Å². The molecule has 0 atom stereocenters. The fraction of sp³-hybridized carbons (Fsp3) is 0.500. The van der Waals surface area contributed by atoms with E-state index in [2.05, 4.69) is 51.2 Å². The van der Waals surface area contributed by atoms with Gasteiger partial charge in [-0.3, -0.25) is 9.59 Å². The van der Waals surface area contributed by atoms with Crippen molar-refractivity contribution in [3.63, 3.8) is 0 Å². The van der Waals surface area contributed by atoms with Gasteiger partial charge in [0.25, 0.3) is 5.91 Å². The van der Waals surface area contributed by atoms with Gasteiger partial charge in [0, 0.05) is 17.7 Å². The molecule has 1 N–H and O–H groups in total. The molecule has 5 nitrogen and oxygen atoms in total. The van der Waals surface area contributed by atoms with Crippen LogP contribution in [-0.2, 0) is 16.1 Å². The standard InChI is InChI=1S/C28H35NO4/c1-5-7-22(8-6-2)33-27(31)28(13-14-28)17-32-25-19(4)18(3)9-11-23(25)20-10-12-24-21(15-20)16-29-26(24)30/h9-12,15,22H,5-8,13-14,16-17H2,1-4H3,(H,29,30). The van der Waals surface area contributed by atoms with Gasteiger partial charge in [0.15, 0.2) is 0 Å². The zero-order valence-corrected chi connectivity index (χ0v) is 20.3. The Labute approximate surface area is 196 Å². The highest BCUT2D eigenvalue weighted by molar-refractivity contribution is 5.99. The smallest absolute Gasteiger partial charge is 0.315 e. The number of ether oxygens (including phenoxy) is 2. The number of hydrogen-bond acceptors (Lipinski definition) is 4. The zero-order chi connectivity index (χ0) is 23.6. The van der Waals surface area contributed by atoms with E-state index in [-0.39, 0.29) is 18.0 Å². The van der Waals surface area contributed by atoms with Crippen molar-refractivity contribution in [2.24, 2.45) is 5.41 Å². The zero-order valence-electron chi connectivity index (χ0n) is 20.3. The Bertz CT molecular complexity index is 1050. The molecule has 1 saturated carbocycles. The average molecular weight is 450 g/mol. The molecule has 5 heteroatoms. The molecule has 0 saturated heterocycles. The minimum Gasteiger partial charge on any atom is -0.491 e. The fourth-order valence-electron chi connectivity index (χ4n) is 4.55. The molecule has 0 unspecified atom stereocenters.